The lowest BCUT2D eigenvalue weighted by atomic mass is 9.90. The molecule has 1 aliphatic carbocycles. The molecule has 64 valence electrons. The molecule has 0 bridgehead atoms. The molecule has 0 N–H and O–H groups in total. The molecule has 0 amide bonds. The smallest absolute Gasteiger partial charge is 0.0334 e. The maximum atomic E-state index is 2.32. The Balaban J connectivity index is 2.89. The zero-order valence-corrected chi connectivity index (χ0v) is 8.66. The van der Waals surface area contributed by atoms with Gasteiger partial charge in [0.2, 0.25) is 0 Å². The predicted molar refractivity (Wildman–Crippen MR) is 55.5 cm³/mol. The average Bonchev–Trinajstić information content (AvgIpc) is 2.48. The highest BCUT2D eigenvalue weighted by molar-refractivity contribution is 7.07. The van der Waals surface area contributed by atoms with Gasteiger partial charge in [0.15, 0.2) is 0 Å². The molecule has 1 atom stereocenters. The highest BCUT2D eigenvalue weighted by Gasteiger charge is 2.12. The lowest BCUT2D eigenvalue weighted by Crippen LogP contribution is -2.29. The van der Waals surface area contributed by atoms with Gasteiger partial charge in [0.25, 0.3) is 0 Å². The summed E-state index contributed by atoms with van der Waals surface area (Å²) < 4.78 is 1.52. The quantitative estimate of drug-likeness (QED) is 0.571. The van der Waals surface area contributed by atoms with Crippen LogP contribution in [0.5, 0.6) is 0 Å². The van der Waals surface area contributed by atoms with Gasteiger partial charge in [-0.05, 0) is 42.9 Å². The van der Waals surface area contributed by atoms with Gasteiger partial charge in [-0.3, -0.25) is 0 Å². The van der Waals surface area contributed by atoms with Crippen LogP contribution in [0, 0.1) is 5.92 Å². The third-order valence-electron chi connectivity index (χ3n) is 2.83. The summed E-state index contributed by atoms with van der Waals surface area (Å²) in [5, 5.41) is 3.70. The molecule has 0 nitrogen and oxygen atoms in total. The molecule has 0 radical (unpaired) electrons. The molecule has 0 fully saturated rings. The summed E-state index contributed by atoms with van der Waals surface area (Å²) >= 11 is 1.88. The van der Waals surface area contributed by atoms with Gasteiger partial charge < -0.3 is 0 Å². The van der Waals surface area contributed by atoms with Crippen molar-refractivity contribution in [1.29, 1.82) is 0 Å². The van der Waals surface area contributed by atoms with Gasteiger partial charge in [-0.1, -0.05) is 18.1 Å². The minimum atomic E-state index is 0.746. The summed E-state index contributed by atoms with van der Waals surface area (Å²) in [6.45, 7) is 6.85. The molecule has 2 rings (SSSR count). The highest BCUT2D eigenvalue weighted by atomic mass is 32.1. The van der Waals surface area contributed by atoms with Gasteiger partial charge in [-0.2, -0.15) is 0 Å². The van der Waals surface area contributed by atoms with Crippen molar-refractivity contribution < 1.29 is 0 Å². The first kappa shape index (κ1) is 8.06. The fraction of sp³-hybridized carbons (Fsp3) is 0.455. The van der Waals surface area contributed by atoms with Crippen LogP contribution in [0.3, 0.4) is 0 Å². The van der Waals surface area contributed by atoms with E-state index in [4.69, 9.17) is 0 Å². The van der Waals surface area contributed by atoms with E-state index in [9.17, 15) is 0 Å². The number of fused-ring (bicyclic) bond motifs is 1. The lowest BCUT2D eigenvalue weighted by Gasteiger charge is -2.16. The second-order valence-corrected chi connectivity index (χ2v) is 4.65. The molecule has 1 heterocycles. The Hall–Kier alpha value is -0.560. The van der Waals surface area contributed by atoms with Crippen molar-refractivity contribution in [2.75, 3.05) is 0 Å². The van der Waals surface area contributed by atoms with Crippen LogP contribution in [-0.2, 0) is 0 Å². The average molecular weight is 178 g/mol. The van der Waals surface area contributed by atoms with Crippen LogP contribution >= 0.6 is 11.3 Å². The van der Waals surface area contributed by atoms with Crippen LogP contribution in [0.4, 0.5) is 0 Å². The lowest BCUT2D eigenvalue weighted by molar-refractivity contribution is 0.753. The summed E-state index contributed by atoms with van der Waals surface area (Å²) in [6.07, 6.45) is 1.25. The summed E-state index contributed by atoms with van der Waals surface area (Å²) in [7, 11) is 0. The van der Waals surface area contributed by atoms with Crippen LogP contribution in [0.25, 0.3) is 11.1 Å². The number of rotatable bonds is 0. The Labute approximate surface area is 77.2 Å². The largest absolute Gasteiger partial charge is 0.144 e. The first-order valence-corrected chi connectivity index (χ1v) is 5.32. The molecular weight excluding hydrogens is 164 g/mol. The van der Waals surface area contributed by atoms with Crippen molar-refractivity contribution in [3.05, 3.63) is 21.2 Å². The highest BCUT2D eigenvalue weighted by Crippen LogP contribution is 2.21. The summed E-state index contributed by atoms with van der Waals surface area (Å²) in [5.74, 6) is 0.746. The van der Waals surface area contributed by atoms with Crippen LogP contribution < -0.4 is 9.75 Å². The maximum Gasteiger partial charge on any atom is 0.0334 e. The maximum absolute atomic E-state index is 2.32. The fourth-order valence-electron chi connectivity index (χ4n) is 1.90. The SMILES string of the molecule is CC1=c2ccsc2=C(C)C(C)C1. The van der Waals surface area contributed by atoms with Crippen molar-refractivity contribution >= 4 is 22.5 Å². The fourth-order valence-corrected chi connectivity index (χ4v) is 2.99. The molecular formula is C11H14S. The number of hydrogen-bond donors (Lipinski definition) is 0. The Bertz CT molecular complexity index is 408. The van der Waals surface area contributed by atoms with E-state index in [-0.39, 0.29) is 0 Å². The van der Waals surface area contributed by atoms with E-state index in [2.05, 4.69) is 32.2 Å². The molecule has 0 saturated heterocycles. The van der Waals surface area contributed by atoms with Gasteiger partial charge in [-0.15, -0.1) is 11.3 Å². The molecule has 0 aromatic carbocycles. The minimum absolute atomic E-state index is 0.746. The summed E-state index contributed by atoms with van der Waals surface area (Å²) in [5.41, 5.74) is 3.13. The van der Waals surface area contributed by atoms with Gasteiger partial charge >= 0.3 is 0 Å². The van der Waals surface area contributed by atoms with Gasteiger partial charge in [-0.25, -0.2) is 0 Å². The zero-order chi connectivity index (χ0) is 8.72. The van der Waals surface area contributed by atoms with E-state index in [0.29, 0.717) is 0 Å². The molecule has 1 aromatic heterocycles. The summed E-state index contributed by atoms with van der Waals surface area (Å²) in [6, 6.07) is 2.25. The van der Waals surface area contributed by atoms with Crippen molar-refractivity contribution in [1.82, 2.24) is 0 Å². The normalized spacial score (nSPS) is 22.8. The minimum Gasteiger partial charge on any atom is -0.144 e. The van der Waals surface area contributed by atoms with Crippen molar-refractivity contribution in [2.45, 2.75) is 27.2 Å². The van der Waals surface area contributed by atoms with Gasteiger partial charge in [0.1, 0.15) is 0 Å². The third kappa shape index (κ3) is 1.04. The molecule has 1 aromatic rings. The van der Waals surface area contributed by atoms with E-state index in [1.807, 2.05) is 11.3 Å². The van der Waals surface area contributed by atoms with Crippen LogP contribution in [0.2, 0.25) is 0 Å². The summed E-state index contributed by atoms with van der Waals surface area (Å²) in [4.78, 5) is 0. The van der Waals surface area contributed by atoms with Gasteiger partial charge in [0.05, 0.1) is 0 Å². The monoisotopic (exact) mass is 178 g/mol. The Morgan fingerprint density at radius 3 is 2.92 bits per heavy atom. The van der Waals surface area contributed by atoms with Crippen LogP contribution in [-0.4, -0.2) is 0 Å². The van der Waals surface area contributed by atoms with E-state index < -0.39 is 0 Å². The Morgan fingerprint density at radius 2 is 2.17 bits per heavy atom. The van der Waals surface area contributed by atoms with Gasteiger partial charge in [0, 0.05) is 4.53 Å². The predicted octanol–water partition coefficient (Wildman–Crippen LogP) is 2.13. The van der Waals surface area contributed by atoms with Crippen molar-refractivity contribution in [3.63, 3.8) is 0 Å². The van der Waals surface area contributed by atoms with Crippen molar-refractivity contribution in [2.24, 2.45) is 5.92 Å². The topological polar surface area (TPSA) is 0 Å². The molecule has 1 heteroatoms. The first-order chi connectivity index (χ1) is 5.70. The Morgan fingerprint density at radius 1 is 1.42 bits per heavy atom. The van der Waals surface area contributed by atoms with Crippen LogP contribution in [0.1, 0.15) is 27.2 Å². The molecule has 1 aliphatic rings. The molecule has 0 spiro atoms. The first-order valence-electron chi connectivity index (χ1n) is 4.44. The third-order valence-corrected chi connectivity index (χ3v) is 3.88. The van der Waals surface area contributed by atoms with E-state index in [0.717, 1.165) is 5.92 Å². The standard InChI is InChI=1S/C11H14S/c1-7-6-8(2)10-4-5-12-11(10)9(7)3/h4-5,7H,6H2,1-3H3. The van der Waals surface area contributed by atoms with E-state index in [1.165, 1.54) is 16.2 Å². The molecule has 0 aliphatic heterocycles. The molecule has 0 saturated carbocycles. The zero-order valence-electron chi connectivity index (χ0n) is 7.85. The second kappa shape index (κ2) is 2.74. The van der Waals surface area contributed by atoms with Crippen molar-refractivity contribution in [3.8, 4) is 0 Å². The molecule has 1 unspecified atom stereocenters. The van der Waals surface area contributed by atoms with E-state index in [1.54, 1.807) is 11.1 Å². The number of hydrogen-bond acceptors (Lipinski definition) is 1. The van der Waals surface area contributed by atoms with Crippen LogP contribution in [0.15, 0.2) is 11.4 Å². The molecule has 12 heavy (non-hydrogen) atoms. The van der Waals surface area contributed by atoms with E-state index >= 15 is 0 Å². The Kier molecular flexibility index (Phi) is 1.84. The number of thiophene rings is 1. The second-order valence-electron chi connectivity index (χ2n) is 3.73.